The van der Waals surface area contributed by atoms with E-state index in [4.69, 9.17) is 4.74 Å². The van der Waals surface area contributed by atoms with Crippen LogP contribution in [0.25, 0.3) is 10.2 Å². The summed E-state index contributed by atoms with van der Waals surface area (Å²) in [5.74, 6) is 0.417. The molecule has 0 atom stereocenters. The van der Waals surface area contributed by atoms with Gasteiger partial charge in [0.2, 0.25) is 0 Å². The number of amides is 1. The summed E-state index contributed by atoms with van der Waals surface area (Å²) in [5.41, 5.74) is 1.11. The van der Waals surface area contributed by atoms with Crippen molar-refractivity contribution in [3.8, 4) is 5.75 Å². The Bertz CT molecular complexity index is 778. The molecule has 2 heterocycles. The number of thiazole rings is 1. The first-order valence-electron chi connectivity index (χ1n) is 5.92. The highest BCUT2D eigenvalue weighted by atomic mass is 32.1. The third-order valence-electron chi connectivity index (χ3n) is 2.77. The Hall–Kier alpha value is -2.41. The topological polar surface area (TPSA) is 69.0 Å². The molecule has 0 spiro atoms. The van der Waals surface area contributed by atoms with Crippen molar-refractivity contribution >= 4 is 32.6 Å². The van der Waals surface area contributed by atoms with Gasteiger partial charge in [0.1, 0.15) is 11.3 Å². The number of carbonyl (C=O) groups excluding carboxylic acids is 1. The molecule has 0 saturated carbocycles. The van der Waals surface area contributed by atoms with Gasteiger partial charge in [-0.2, -0.15) is 5.10 Å². The number of aryl methyl sites for hydroxylation is 1. The minimum absolute atomic E-state index is 0.274. The number of nitrogens with zero attached hydrogens (tertiary/aromatic N) is 3. The largest absolute Gasteiger partial charge is 0.494 e. The third kappa shape index (κ3) is 2.23. The van der Waals surface area contributed by atoms with Gasteiger partial charge in [0.15, 0.2) is 10.8 Å². The van der Waals surface area contributed by atoms with Crippen LogP contribution in [0.2, 0.25) is 0 Å². The van der Waals surface area contributed by atoms with Crippen molar-refractivity contribution < 1.29 is 9.53 Å². The predicted octanol–water partition coefficient (Wildman–Crippen LogP) is 2.29. The van der Waals surface area contributed by atoms with E-state index in [1.165, 1.54) is 11.3 Å². The molecule has 6 nitrogen and oxygen atoms in total. The summed E-state index contributed by atoms with van der Waals surface area (Å²) >= 11 is 1.40. The number of hydrogen-bond acceptors (Lipinski definition) is 5. The molecule has 1 amide bonds. The predicted molar refractivity (Wildman–Crippen MR) is 77.3 cm³/mol. The lowest BCUT2D eigenvalue weighted by molar-refractivity contribution is 0.102. The van der Waals surface area contributed by atoms with Gasteiger partial charge in [-0.1, -0.05) is 17.4 Å². The molecule has 102 valence electrons. The first kappa shape index (κ1) is 12.6. The number of nitrogens with one attached hydrogen (secondary N) is 1. The standard InChI is InChI=1S/C13H12N4O2S/c1-17-7-6-8(16-17)12(18)15-13-14-11-9(19-2)4-3-5-10(11)20-13/h3-7H,1-2H3,(H,14,15,18). The summed E-state index contributed by atoms with van der Waals surface area (Å²) in [6.07, 6.45) is 1.72. The van der Waals surface area contributed by atoms with Crippen LogP contribution in [0, 0.1) is 0 Å². The Labute approximate surface area is 119 Å². The molecule has 0 aliphatic rings. The zero-order valence-electron chi connectivity index (χ0n) is 11.0. The fourth-order valence-corrected chi connectivity index (χ4v) is 2.72. The number of carbonyl (C=O) groups is 1. The highest BCUT2D eigenvalue weighted by Crippen LogP contribution is 2.32. The van der Waals surface area contributed by atoms with Crippen LogP contribution in [0.5, 0.6) is 5.75 Å². The van der Waals surface area contributed by atoms with Gasteiger partial charge >= 0.3 is 0 Å². The van der Waals surface area contributed by atoms with Crippen molar-refractivity contribution in [3.63, 3.8) is 0 Å². The van der Waals surface area contributed by atoms with Gasteiger partial charge in [0, 0.05) is 13.2 Å². The molecule has 0 radical (unpaired) electrons. The summed E-state index contributed by atoms with van der Waals surface area (Å²) in [7, 11) is 3.36. The van der Waals surface area contributed by atoms with Gasteiger partial charge in [-0.3, -0.25) is 14.8 Å². The van der Waals surface area contributed by atoms with Gasteiger partial charge in [-0.15, -0.1) is 0 Å². The second kappa shape index (κ2) is 4.93. The second-order valence-electron chi connectivity index (χ2n) is 4.15. The molecule has 0 unspecified atom stereocenters. The quantitative estimate of drug-likeness (QED) is 0.803. The molecule has 1 N–H and O–H groups in total. The van der Waals surface area contributed by atoms with Crippen LogP contribution in [0.3, 0.4) is 0 Å². The number of rotatable bonds is 3. The number of methoxy groups -OCH3 is 1. The van der Waals surface area contributed by atoms with E-state index in [-0.39, 0.29) is 5.91 Å². The first-order chi connectivity index (χ1) is 9.67. The summed E-state index contributed by atoms with van der Waals surface area (Å²) in [6, 6.07) is 7.32. The van der Waals surface area contributed by atoms with Crippen LogP contribution in [0.15, 0.2) is 30.5 Å². The fourth-order valence-electron chi connectivity index (χ4n) is 1.84. The molecular formula is C13H12N4O2S. The minimum atomic E-state index is -0.274. The molecule has 0 aliphatic heterocycles. The number of anilines is 1. The van der Waals surface area contributed by atoms with Gasteiger partial charge in [-0.05, 0) is 18.2 Å². The molecule has 1 aromatic carbocycles. The van der Waals surface area contributed by atoms with Crippen LogP contribution < -0.4 is 10.1 Å². The zero-order valence-corrected chi connectivity index (χ0v) is 11.8. The Balaban J connectivity index is 1.89. The van der Waals surface area contributed by atoms with Crippen LogP contribution in [0.4, 0.5) is 5.13 Å². The van der Waals surface area contributed by atoms with E-state index < -0.39 is 0 Å². The van der Waals surface area contributed by atoms with Crippen LogP contribution in [-0.4, -0.2) is 27.8 Å². The molecule has 3 aromatic rings. The smallest absolute Gasteiger partial charge is 0.277 e. The van der Waals surface area contributed by atoms with Crippen LogP contribution in [0.1, 0.15) is 10.5 Å². The maximum Gasteiger partial charge on any atom is 0.277 e. The fraction of sp³-hybridized carbons (Fsp3) is 0.154. The summed E-state index contributed by atoms with van der Waals surface area (Å²) in [5, 5.41) is 7.33. The number of para-hydroxylation sites is 1. The van der Waals surface area contributed by atoms with Crippen molar-refractivity contribution in [2.45, 2.75) is 0 Å². The maximum absolute atomic E-state index is 12.0. The summed E-state index contributed by atoms with van der Waals surface area (Å²) in [4.78, 5) is 16.4. The number of aromatic nitrogens is 3. The van der Waals surface area contributed by atoms with E-state index in [9.17, 15) is 4.79 Å². The van der Waals surface area contributed by atoms with Crippen LogP contribution in [-0.2, 0) is 7.05 Å². The number of fused-ring (bicyclic) bond motifs is 1. The molecule has 7 heteroatoms. The van der Waals surface area contributed by atoms with Gasteiger partial charge < -0.3 is 4.74 Å². The van der Waals surface area contributed by atoms with Crippen molar-refractivity contribution in [2.24, 2.45) is 7.05 Å². The molecule has 3 rings (SSSR count). The van der Waals surface area contributed by atoms with Crippen molar-refractivity contribution in [2.75, 3.05) is 12.4 Å². The lowest BCUT2D eigenvalue weighted by atomic mass is 10.3. The second-order valence-corrected chi connectivity index (χ2v) is 5.19. The molecule has 2 aromatic heterocycles. The Morgan fingerprint density at radius 3 is 2.95 bits per heavy atom. The summed E-state index contributed by atoms with van der Waals surface area (Å²) < 4.78 is 7.79. The minimum Gasteiger partial charge on any atom is -0.494 e. The monoisotopic (exact) mass is 288 g/mol. The van der Waals surface area contributed by atoms with E-state index in [0.717, 1.165) is 10.2 Å². The average molecular weight is 288 g/mol. The van der Waals surface area contributed by atoms with E-state index >= 15 is 0 Å². The van der Waals surface area contributed by atoms with E-state index in [1.807, 2.05) is 18.2 Å². The number of benzene rings is 1. The summed E-state index contributed by atoms with van der Waals surface area (Å²) in [6.45, 7) is 0. The number of ether oxygens (including phenoxy) is 1. The van der Waals surface area contributed by atoms with Crippen molar-refractivity contribution in [1.82, 2.24) is 14.8 Å². The molecule has 0 aliphatic carbocycles. The van der Waals surface area contributed by atoms with E-state index in [0.29, 0.717) is 16.6 Å². The van der Waals surface area contributed by atoms with Gasteiger partial charge in [0.05, 0.1) is 11.8 Å². The average Bonchev–Trinajstić information content (AvgIpc) is 3.03. The molecule has 0 fully saturated rings. The van der Waals surface area contributed by atoms with Crippen molar-refractivity contribution in [1.29, 1.82) is 0 Å². The van der Waals surface area contributed by atoms with E-state index in [2.05, 4.69) is 15.4 Å². The van der Waals surface area contributed by atoms with Gasteiger partial charge in [0.25, 0.3) is 5.91 Å². The Morgan fingerprint density at radius 2 is 2.25 bits per heavy atom. The highest BCUT2D eigenvalue weighted by Gasteiger charge is 2.13. The van der Waals surface area contributed by atoms with Crippen molar-refractivity contribution in [3.05, 3.63) is 36.2 Å². The van der Waals surface area contributed by atoms with E-state index in [1.54, 1.807) is 31.1 Å². The molecule has 0 saturated heterocycles. The van der Waals surface area contributed by atoms with Gasteiger partial charge in [-0.25, -0.2) is 4.98 Å². The third-order valence-corrected chi connectivity index (χ3v) is 3.70. The lowest BCUT2D eigenvalue weighted by Crippen LogP contribution is -2.12. The Morgan fingerprint density at radius 1 is 1.40 bits per heavy atom. The van der Waals surface area contributed by atoms with Crippen LogP contribution >= 0.6 is 11.3 Å². The molecule has 20 heavy (non-hydrogen) atoms. The first-order valence-corrected chi connectivity index (χ1v) is 6.73. The normalized spacial score (nSPS) is 10.7. The lowest BCUT2D eigenvalue weighted by Gasteiger charge is -1.98. The Kier molecular flexibility index (Phi) is 3.11. The SMILES string of the molecule is COc1cccc2sc(NC(=O)c3ccn(C)n3)nc12. The maximum atomic E-state index is 12.0. The highest BCUT2D eigenvalue weighted by molar-refractivity contribution is 7.22. The zero-order chi connectivity index (χ0) is 14.1. The molecular weight excluding hydrogens is 276 g/mol. The molecule has 0 bridgehead atoms. The number of hydrogen-bond donors (Lipinski definition) is 1.